The first kappa shape index (κ1) is 17.0. The second kappa shape index (κ2) is 6.78. The lowest BCUT2D eigenvalue weighted by Crippen LogP contribution is -2.40. The Morgan fingerprint density at radius 1 is 1.04 bits per heavy atom. The molecule has 2 aromatic rings. The summed E-state index contributed by atoms with van der Waals surface area (Å²) < 4.78 is 0. The summed E-state index contributed by atoms with van der Waals surface area (Å²) in [6, 6.07) is 4.18. The summed E-state index contributed by atoms with van der Waals surface area (Å²) in [7, 11) is 0. The summed E-state index contributed by atoms with van der Waals surface area (Å²) in [4.78, 5) is 24.5. The Morgan fingerprint density at radius 2 is 1.81 bits per heavy atom. The van der Waals surface area contributed by atoms with E-state index < -0.39 is 0 Å². The fourth-order valence-electron chi connectivity index (χ4n) is 4.71. The van der Waals surface area contributed by atoms with Crippen molar-refractivity contribution in [2.45, 2.75) is 56.9 Å². The molecule has 0 atom stereocenters. The van der Waals surface area contributed by atoms with Crippen LogP contribution in [-0.2, 0) is 5.54 Å². The average molecular weight is 384 g/mol. The van der Waals surface area contributed by atoms with Crippen LogP contribution in [0.15, 0.2) is 18.5 Å². The van der Waals surface area contributed by atoms with Crippen LogP contribution >= 0.6 is 11.3 Å². The van der Waals surface area contributed by atoms with Gasteiger partial charge in [0.25, 0.3) is 5.91 Å². The van der Waals surface area contributed by atoms with Crippen molar-refractivity contribution in [3.05, 3.63) is 28.9 Å². The Labute approximate surface area is 163 Å². The van der Waals surface area contributed by atoms with Crippen LogP contribution in [0.2, 0.25) is 0 Å². The second-order valence-corrected chi connectivity index (χ2v) is 8.94. The number of nitrogens with one attached hydrogen (secondary N) is 2. The number of amides is 1. The Morgan fingerprint density at radius 3 is 2.63 bits per heavy atom. The molecule has 2 aliphatic heterocycles. The van der Waals surface area contributed by atoms with E-state index in [1.54, 1.807) is 6.33 Å². The highest BCUT2D eigenvalue weighted by atomic mass is 32.1. The van der Waals surface area contributed by atoms with Gasteiger partial charge in [-0.15, -0.1) is 11.3 Å². The molecule has 4 heterocycles. The van der Waals surface area contributed by atoms with Crippen LogP contribution in [0, 0.1) is 0 Å². The molecule has 1 amide bonds. The Kier molecular flexibility index (Phi) is 4.27. The lowest BCUT2D eigenvalue weighted by atomic mass is 9.78. The van der Waals surface area contributed by atoms with E-state index in [0.29, 0.717) is 0 Å². The maximum Gasteiger partial charge on any atom is 0.262 e. The minimum Gasteiger partial charge on any atom is -0.356 e. The Bertz CT molecular complexity index is 852. The molecule has 7 heteroatoms. The van der Waals surface area contributed by atoms with Gasteiger partial charge in [0.15, 0.2) is 0 Å². The largest absolute Gasteiger partial charge is 0.356 e. The maximum atomic E-state index is 12.5. The number of carbonyl (C=O) groups excluding carboxylic acids is 1. The van der Waals surface area contributed by atoms with Gasteiger partial charge in [-0.25, -0.2) is 9.97 Å². The van der Waals surface area contributed by atoms with E-state index in [-0.39, 0.29) is 11.4 Å². The minimum absolute atomic E-state index is 0.0849. The van der Waals surface area contributed by atoms with E-state index in [1.165, 1.54) is 55.4 Å². The number of thiophene rings is 1. The Hall–Kier alpha value is -2.15. The SMILES string of the molecule is O=C1NC2(CCCCC2)c2cc(Nc3cc(N4CCCCC4)ncn3)sc21. The summed E-state index contributed by atoms with van der Waals surface area (Å²) in [5.41, 5.74) is 1.05. The van der Waals surface area contributed by atoms with Crippen LogP contribution < -0.4 is 15.5 Å². The van der Waals surface area contributed by atoms with Gasteiger partial charge in [0.2, 0.25) is 0 Å². The predicted molar refractivity (Wildman–Crippen MR) is 108 cm³/mol. The fourth-order valence-corrected chi connectivity index (χ4v) is 5.77. The predicted octanol–water partition coefficient (Wildman–Crippen LogP) is 4.17. The lowest BCUT2D eigenvalue weighted by Gasteiger charge is -2.33. The highest BCUT2D eigenvalue weighted by molar-refractivity contribution is 7.18. The Balaban J connectivity index is 1.39. The molecule has 27 heavy (non-hydrogen) atoms. The number of nitrogens with zero attached hydrogens (tertiary/aromatic N) is 3. The molecule has 1 spiro atoms. The zero-order valence-electron chi connectivity index (χ0n) is 15.5. The monoisotopic (exact) mass is 383 g/mol. The van der Waals surface area contributed by atoms with Crippen LogP contribution in [0.4, 0.5) is 16.6 Å². The number of hydrogen-bond acceptors (Lipinski definition) is 6. The molecule has 0 aromatic carbocycles. The first-order valence-corrected chi connectivity index (χ1v) is 10.9. The number of rotatable bonds is 3. The van der Waals surface area contributed by atoms with Crippen molar-refractivity contribution in [2.75, 3.05) is 23.3 Å². The summed E-state index contributed by atoms with van der Waals surface area (Å²) in [5, 5.41) is 7.67. The summed E-state index contributed by atoms with van der Waals surface area (Å²) in [6.45, 7) is 2.12. The number of carbonyl (C=O) groups is 1. The van der Waals surface area contributed by atoms with E-state index in [0.717, 1.165) is 47.4 Å². The first-order chi connectivity index (χ1) is 13.2. The van der Waals surface area contributed by atoms with Crippen LogP contribution in [0.1, 0.15) is 66.6 Å². The van der Waals surface area contributed by atoms with Crippen LogP contribution in [-0.4, -0.2) is 29.0 Å². The molecule has 5 rings (SSSR count). The molecule has 2 fully saturated rings. The molecule has 0 radical (unpaired) electrons. The number of anilines is 3. The fraction of sp³-hybridized carbons (Fsp3) is 0.550. The van der Waals surface area contributed by atoms with Gasteiger partial charge in [0.05, 0.1) is 15.4 Å². The van der Waals surface area contributed by atoms with Gasteiger partial charge >= 0.3 is 0 Å². The summed E-state index contributed by atoms with van der Waals surface area (Å²) in [6.07, 6.45) is 11.1. The second-order valence-electron chi connectivity index (χ2n) is 7.88. The van der Waals surface area contributed by atoms with Crippen molar-refractivity contribution in [1.29, 1.82) is 0 Å². The van der Waals surface area contributed by atoms with Gasteiger partial charge in [-0.1, -0.05) is 19.3 Å². The molecule has 0 unspecified atom stereocenters. The van der Waals surface area contributed by atoms with Gasteiger partial charge in [-0.3, -0.25) is 4.79 Å². The molecular weight excluding hydrogens is 358 g/mol. The van der Waals surface area contributed by atoms with Crippen LogP contribution in [0.5, 0.6) is 0 Å². The van der Waals surface area contributed by atoms with Crippen molar-refractivity contribution in [1.82, 2.24) is 15.3 Å². The molecule has 1 aliphatic carbocycles. The van der Waals surface area contributed by atoms with Gasteiger partial charge in [-0.2, -0.15) is 0 Å². The molecule has 1 saturated carbocycles. The van der Waals surface area contributed by atoms with Gasteiger partial charge in [0, 0.05) is 24.7 Å². The highest BCUT2D eigenvalue weighted by Crippen LogP contribution is 2.47. The minimum atomic E-state index is -0.133. The topological polar surface area (TPSA) is 70.2 Å². The smallest absolute Gasteiger partial charge is 0.262 e. The van der Waals surface area contributed by atoms with Crippen molar-refractivity contribution in [2.24, 2.45) is 0 Å². The van der Waals surface area contributed by atoms with E-state index in [2.05, 4.69) is 31.6 Å². The van der Waals surface area contributed by atoms with Crippen molar-refractivity contribution < 1.29 is 4.79 Å². The van der Waals surface area contributed by atoms with Crippen LogP contribution in [0.25, 0.3) is 0 Å². The molecule has 142 valence electrons. The zero-order valence-corrected chi connectivity index (χ0v) is 16.3. The molecule has 3 aliphatic rings. The maximum absolute atomic E-state index is 12.5. The van der Waals surface area contributed by atoms with Crippen LogP contribution in [0.3, 0.4) is 0 Å². The highest BCUT2D eigenvalue weighted by Gasteiger charge is 2.44. The third-order valence-electron chi connectivity index (χ3n) is 6.10. The normalized spacial score (nSPS) is 21.2. The average Bonchev–Trinajstić information content (AvgIpc) is 3.23. The van der Waals surface area contributed by atoms with E-state index in [9.17, 15) is 4.79 Å². The van der Waals surface area contributed by atoms with Gasteiger partial charge < -0.3 is 15.5 Å². The summed E-state index contributed by atoms with van der Waals surface area (Å²) >= 11 is 1.54. The standard InChI is InChI=1S/C20H25N5OS/c26-19-18-14(20(24-19)7-3-1-4-8-20)11-17(27-18)23-15-12-16(22-13-21-15)25-9-5-2-6-10-25/h11-13H,1-10H2,(H,24,26)(H,21,22,23). The molecule has 6 nitrogen and oxygen atoms in total. The third-order valence-corrected chi connectivity index (χ3v) is 7.15. The lowest BCUT2D eigenvalue weighted by molar-refractivity contribution is 0.0912. The summed E-state index contributed by atoms with van der Waals surface area (Å²) in [5.74, 6) is 1.86. The van der Waals surface area contributed by atoms with Crippen molar-refractivity contribution >= 4 is 33.9 Å². The van der Waals surface area contributed by atoms with Crippen molar-refractivity contribution in [3.8, 4) is 0 Å². The third kappa shape index (κ3) is 3.08. The molecular formula is C20H25N5OS. The molecule has 2 N–H and O–H groups in total. The van der Waals surface area contributed by atoms with E-state index >= 15 is 0 Å². The van der Waals surface area contributed by atoms with Gasteiger partial charge in [-0.05, 0) is 38.2 Å². The molecule has 1 saturated heterocycles. The molecule has 2 aromatic heterocycles. The van der Waals surface area contributed by atoms with Gasteiger partial charge in [0.1, 0.15) is 18.0 Å². The molecule has 0 bridgehead atoms. The quantitative estimate of drug-likeness (QED) is 0.832. The number of hydrogen-bond donors (Lipinski definition) is 2. The number of piperidine rings is 1. The van der Waals surface area contributed by atoms with E-state index in [1.807, 2.05) is 6.07 Å². The number of aromatic nitrogens is 2. The van der Waals surface area contributed by atoms with Crippen molar-refractivity contribution in [3.63, 3.8) is 0 Å². The first-order valence-electron chi connectivity index (χ1n) is 10.0. The number of fused-ring (bicyclic) bond motifs is 2. The zero-order chi connectivity index (χ0) is 18.3. The van der Waals surface area contributed by atoms with E-state index in [4.69, 9.17) is 0 Å².